The van der Waals surface area contributed by atoms with E-state index in [1.807, 2.05) is 6.07 Å². The van der Waals surface area contributed by atoms with E-state index >= 15 is 0 Å². The van der Waals surface area contributed by atoms with Crippen LogP contribution < -0.4 is 16.0 Å². The Kier molecular flexibility index (Phi) is 10.0. The summed E-state index contributed by atoms with van der Waals surface area (Å²) >= 11 is 0. The van der Waals surface area contributed by atoms with Gasteiger partial charge in [0.15, 0.2) is 0 Å². The number of hydrogen-bond donors (Lipinski definition) is 2. The summed E-state index contributed by atoms with van der Waals surface area (Å²) in [5, 5.41) is 4.89. The van der Waals surface area contributed by atoms with Gasteiger partial charge in [-0.15, -0.1) is 0 Å². The zero-order chi connectivity index (χ0) is 28.0. The van der Waals surface area contributed by atoms with E-state index in [-0.39, 0.29) is 17.0 Å². The van der Waals surface area contributed by atoms with Gasteiger partial charge in [0.25, 0.3) is 0 Å². The van der Waals surface area contributed by atoms with Crippen molar-refractivity contribution in [2.45, 2.75) is 79.3 Å². The molecule has 0 saturated heterocycles. The van der Waals surface area contributed by atoms with Crippen LogP contribution in [0.2, 0.25) is 0 Å². The molecule has 0 radical (unpaired) electrons. The Morgan fingerprint density at radius 3 is 2.53 bits per heavy atom. The molecule has 0 bridgehead atoms. The summed E-state index contributed by atoms with van der Waals surface area (Å²) < 4.78 is 7.04. The number of carbonyl (C=O) groups excluding carboxylic acids is 1. The summed E-state index contributed by atoms with van der Waals surface area (Å²) in [7, 11) is 4.66. The molecule has 1 aliphatic heterocycles. The quantitative estimate of drug-likeness (QED) is 0.157. The third-order valence-electron chi connectivity index (χ3n) is 7.59. The van der Waals surface area contributed by atoms with Crippen LogP contribution in [-0.4, -0.2) is 68.9 Å². The van der Waals surface area contributed by atoms with E-state index in [4.69, 9.17) is 10.5 Å². The number of hydrogen-bond acceptors (Lipinski definition) is 6. The van der Waals surface area contributed by atoms with Gasteiger partial charge in [-0.3, -0.25) is 0 Å². The molecule has 38 heavy (non-hydrogen) atoms. The highest BCUT2D eigenvalue weighted by Crippen LogP contribution is 2.44. The number of benzene rings is 1. The maximum Gasteiger partial charge on any atom is 0.149 e. The van der Waals surface area contributed by atoms with Crippen LogP contribution in [-0.2, 0) is 9.53 Å². The van der Waals surface area contributed by atoms with Crippen molar-refractivity contribution in [3.63, 3.8) is 0 Å². The summed E-state index contributed by atoms with van der Waals surface area (Å²) in [6.45, 7) is 15.5. The Labute approximate surface area is 230 Å². The number of nitrogens with two attached hydrogens (primary N) is 1. The number of unbranched alkanes of at least 4 members (excludes halogenated alkanes) is 2. The second-order valence-corrected chi connectivity index (χ2v) is 13.5. The molecule has 212 valence electrons. The summed E-state index contributed by atoms with van der Waals surface area (Å²) in [5.41, 5.74) is 9.55. The van der Waals surface area contributed by atoms with Gasteiger partial charge in [-0.05, 0) is 37.2 Å². The van der Waals surface area contributed by atoms with E-state index in [9.17, 15) is 4.79 Å². The van der Waals surface area contributed by atoms with Crippen LogP contribution in [0.5, 0.6) is 0 Å². The van der Waals surface area contributed by atoms with Crippen LogP contribution >= 0.6 is 0 Å². The minimum atomic E-state index is -0.105. The molecule has 0 aliphatic carbocycles. The second kappa shape index (κ2) is 12.6. The summed E-state index contributed by atoms with van der Waals surface area (Å²) in [5.74, 6) is 0.597. The van der Waals surface area contributed by atoms with E-state index < -0.39 is 0 Å². The lowest BCUT2D eigenvalue weighted by Crippen LogP contribution is -2.48. The normalized spacial score (nSPS) is 16.1. The lowest BCUT2D eigenvalue weighted by atomic mass is 9.90. The van der Waals surface area contributed by atoms with E-state index in [0.29, 0.717) is 25.5 Å². The summed E-state index contributed by atoms with van der Waals surface area (Å²) in [6, 6.07) is 8.34. The SMILES string of the molecule is CCCCC1Nc2c(N)nc3ccccc3c2N1CCCC[N+](C)(C)CC(C)(C)COCC(C)(C)CC=O. The van der Waals surface area contributed by atoms with Gasteiger partial charge in [-0.2, -0.15) is 0 Å². The molecular formula is C31H52N5O2+. The first-order valence-corrected chi connectivity index (χ1v) is 14.4. The topological polar surface area (TPSA) is 80.5 Å². The third-order valence-corrected chi connectivity index (χ3v) is 7.59. The Hall–Kier alpha value is -2.38. The highest BCUT2D eigenvalue weighted by atomic mass is 16.5. The predicted molar refractivity (Wildman–Crippen MR) is 161 cm³/mol. The molecule has 0 spiro atoms. The first-order valence-electron chi connectivity index (χ1n) is 14.4. The van der Waals surface area contributed by atoms with Crippen molar-refractivity contribution in [2.24, 2.45) is 10.8 Å². The molecule has 3 N–H and O–H groups in total. The molecule has 7 heteroatoms. The Balaban J connectivity index is 1.59. The molecule has 2 aromatic rings. The maximum atomic E-state index is 10.9. The zero-order valence-electron chi connectivity index (χ0n) is 25.0. The second-order valence-electron chi connectivity index (χ2n) is 13.5. The number of nitrogens with one attached hydrogen (secondary N) is 1. The van der Waals surface area contributed by atoms with Crippen LogP contribution in [0.1, 0.15) is 73.1 Å². The van der Waals surface area contributed by atoms with Crippen LogP contribution in [0.15, 0.2) is 24.3 Å². The zero-order valence-corrected chi connectivity index (χ0v) is 25.0. The van der Waals surface area contributed by atoms with Crippen molar-refractivity contribution >= 4 is 34.4 Å². The summed E-state index contributed by atoms with van der Waals surface area (Å²) in [4.78, 5) is 18.1. The fourth-order valence-electron chi connectivity index (χ4n) is 5.94. The van der Waals surface area contributed by atoms with E-state index in [1.54, 1.807) is 0 Å². The first kappa shape index (κ1) is 30.2. The number of ether oxygens (including phenoxy) is 1. The summed E-state index contributed by atoms with van der Waals surface area (Å²) in [6.07, 6.45) is 7.52. The highest BCUT2D eigenvalue weighted by molar-refractivity contribution is 6.04. The third kappa shape index (κ3) is 8.06. The van der Waals surface area contributed by atoms with Gasteiger partial charge in [0.2, 0.25) is 0 Å². The number of rotatable bonds is 16. The number of anilines is 3. The minimum Gasteiger partial charge on any atom is -0.382 e. The molecule has 1 aromatic carbocycles. The lowest BCUT2D eigenvalue weighted by molar-refractivity contribution is -0.896. The first-order chi connectivity index (χ1) is 17.9. The van der Waals surface area contributed by atoms with Crippen LogP contribution in [0.4, 0.5) is 17.2 Å². The lowest BCUT2D eigenvalue weighted by Gasteiger charge is -2.38. The Bertz CT molecular complexity index is 1070. The minimum absolute atomic E-state index is 0.0628. The van der Waals surface area contributed by atoms with Crippen molar-refractivity contribution in [3.05, 3.63) is 24.3 Å². The number of nitrogen functional groups attached to an aromatic ring is 1. The molecule has 1 aromatic heterocycles. The molecule has 0 amide bonds. The average molecular weight is 527 g/mol. The molecule has 1 atom stereocenters. The van der Waals surface area contributed by atoms with Crippen molar-refractivity contribution < 1.29 is 14.0 Å². The molecule has 3 rings (SSSR count). The smallest absolute Gasteiger partial charge is 0.149 e. The van der Waals surface area contributed by atoms with Gasteiger partial charge in [-0.1, -0.05) is 59.2 Å². The molecule has 1 unspecified atom stereocenters. The van der Waals surface area contributed by atoms with Gasteiger partial charge in [-0.25, -0.2) is 4.98 Å². The van der Waals surface area contributed by atoms with Gasteiger partial charge in [0, 0.05) is 23.8 Å². The van der Waals surface area contributed by atoms with E-state index in [0.717, 1.165) is 60.9 Å². The average Bonchev–Trinajstić information content (AvgIpc) is 3.18. The van der Waals surface area contributed by atoms with Crippen LogP contribution in [0.25, 0.3) is 10.9 Å². The fourth-order valence-corrected chi connectivity index (χ4v) is 5.94. The molecule has 2 heterocycles. The largest absolute Gasteiger partial charge is 0.382 e. The molecular weight excluding hydrogens is 474 g/mol. The van der Waals surface area contributed by atoms with Crippen LogP contribution in [0.3, 0.4) is 0 Å². The van der Waals surface area contributed by atoms with Gasteiger partial charge >= 0.3 is 0 Å². The number of nitrogens with zero attached hydrogens (tertiary/aromatic N) is 3. The van der Waals surface area contributed by atoms with Crippen molar-refractivity contribution in [1.29, 1.82) is 0 Å². The molecule has 1 aliphatic rings. The van der Waals surface area contributed by atoms with Gasteiger partial charge in [0.1, 0.15) is 17.8 Å². The van der Waals surface area contributed by atoms with E-state index in [1.165, 1.54) is 23.9 Å². The number of pyridine rings is 1. The predicted octanol–water partition coefficient (Wildman–Crippen LogP) is 6.08. The number of para-hydroxylation sites is 1. The monoisotopic (exact) mass is 526 g/mol. The molecule has 0 fully saturated rings. The standard InChI is InChI=1S/C31H52N5O2/c1-8-9-16-26-34-27-28(24-14-10-11-15-25(24)33-29(27)32)35(26)18-12-13-19-36(6,7)21-31(4,5)23-38-22-30(2,3)17-20-37/h10-11,14-15,20,26,34H,8-9,12-13,16-19,21-23H2,1-7H3,(H2,32,33)/q+1. The number of aldehydes is 1. The number of aromatic nitrogens is 1. The van der Waals surface area contributed by atoms with Crippen molar-refractivity contribution in [1.82, 2.24) is 4.98 Å². The van der Waals surface area contributed by atoms with E-state index in [2.05, 4.69) is 82.1 Å². The Morgan fingerprint density at radius 2 is 1.82 bits per heavy atom. The van der Waals surface area contributed by atoms with Crippen molar-refractivity contribution in [3.8, 4) is 0 Å². The number of carbonyl (C=O) groups is 1. The Morgan fingerprint density at radius 1 is 1.11 bits per heavy atom. The van der Waals surface area contributed by atoms with Gasteiger partial charge in [0.05, 0.1) is 57.8 Å². The molecule has 7 nitrogen and oxygen atoms in total. The number of fused-ring (bicyclic) bond motifs is 3. The van der Waals surface area contributed by atoms with Crippen molar-refractivity contribution in [2.75, 3.05) is 62.9 Å². The molecule has 0 saturated carbocycles. The highest BCUT2D eigenvalue weighted by Gasteiger charge is 2.33. The van der Waals surface area contributed by atoms with Gasteiger partial charge < -0.3 is 30.0 Å². The number of quaternary nitrogens is 1. The fraction of sp³-hybridized carbons (Fsp3) is 0.677. The van der Waals surface area contributed by atoms with Crippen LogP contribution in [0, 0.1) is 10.8 Å². The maximum absolute atomic E-state index is 10.9.